The van der Waals surface area contributed by atoms with Gasteiger partial charge in [0.15, 0.2) is 5.82 Å². The molecule has 6 rings (SSSR count). The summed E-state index contributed by atoms with van der Waals surface area (Å²) in [6.07, 6.45) is 3.81. The Morgan fingerprint density at radius 2 is 1.70 bits per heavy atom. The summed E-state index contributed by atoms with van der Waals surface area (Å²) in [6, 6.07) is 36.4. The standard InChI is InChI=1S/C34H27N5O/c1-24-15-17-25(18-16-24)23-40-30-12-8-9-26(20-30)33-28(22-39(37-33)29-10-4-3-5-11-29)19-27(21-35)34-36-31-13-6-7-14-32(31)38(34)2/h3-20,22H,23H2,1-2H3. The van der Waals surface area contributed by atoms with E-state index in [1.54, 1.807) is 0 Å². The highest BCUT2D eigenvalue weighted by atomic mass is 16.5. The zero-order valence-corrected chi connectivity index (χ0v) is 22.3. The first-order chi connectivity index (χ1) is 19.6. The Bertz CT molecular complexity index is 1870. The Kier molecular flexibility index (Phi) is 6.70. The van der Waals surface area contributed by atoms with Crippen LogP contribution in [0, 0.1) is 18.3 Å². The van der Waals surface area contributed by atoms with Gasteiger partial charge in [0, 0.05) is 24.4 Å². The van der Waals surface area contributed by atoms with Crippen molar-refractivity contribution in [3.05, 3.63) is 132 Å². The van der Waals surface area contributed by atoms with Gasteiger partial charge in [-0.1, -0.05) is 72.3 Å². The van der Waals surface area contributed by atoms with Gasteiger partial charge in [-0.25, -0.2) is 9.67 Å². The average Bonchev–Trinajstić information content (AvgIpc) is 3.57. The summed E-state index contributed by atoms with van der Waals surface area (Å²) in [5.41, 5.74) is 7.97. The van der Waals surface area contributed by atoms with Crippen molar-refractivity contribution in [3.63, 3.8) is 0 Å². The van der Waals surface area contributed by atoms with Crippen LogP contribution in [-0.4, -0.2) is 19.3 Å². The predicted molar refractivity (Wildman–Crippen MR) is 159 cm³/mol. The zero-order valence-electron chi connectivity index (χ0n) is 22.3. The minimum Gasteiger partial charge on any atom is -0.489 e. The Morgan fingerprint density at radius 1 is 0.925 bits per heavy atom. The van der Waals surface area contributed by atoms with Crippen molar-refractivity contribution in [3.8, 4) is 28.8 Å². The van der Waals surface area contributed by atoms with Crippen LogP contribution in [0.1, 0.15) is 22.5 Å². The van der Waals surface area contributed by atoms with Crippen molar-refractivity contribution < 1.29 is 4.74 Å². The summed E-state index contributed by atoms with van der Waals surface area (Å²) in [5, 5.41) is 15.1. The quantitative estimate of drug-likeness (QED) is 0.206. The number of para-hydroxylation sites is 3. The van der Waals surface area contributed by atoms with Gasteiger partial charge in [0.2, 0.25) is 0 Å². The molecule has 2 heterocycles. The lowest BCUT2D eigenvalue weighted by Crippen LogP contribution is -1.96. The molecule has 6 heteroatoms. The molecular formula is C34H27N5O. The van der Waals surface area contributed by atoms with Crippen LogP contribution in [0.15, 0.2) is 109 Å². The van der Waals surface area contributed by atoms with Crippen molar-refractivity contribution >= 4 is 22.7 Å². The summed E-state index contributed by atoms with van der Waals surface area (Å²) in [4.78, 5) is 4.74. The fraction of sp³-hybridized carbons (Fsp3) is 0.0882. The number of fused-ring (bicyclic) bond motifs is 1. The van der Waals surface area contributed by atoms with Crippen molar-refractivity contribution in [1.82, 2.24) is 19.3 Å². The van der Waals surface area contributed by atoms with E-state index in [9.17, 15) is 5.26 Å². The van der Waals surface area contributed by atoms with Crippen LogP contribution in [-0.2, 0) is 13.7 Å². The number of aromatic nitrogens is 4. The van der Waals surface area contributed by atoms with Crippen LogP contribution in [0.2, 0.25) is 0 Å². The maximum Gasteiger partial charge on any atom is 0.151 e. The van der Waals surface area contributed by atoms with E-state index in [4.69, 9.17) is 14.8 Å². The minimum absolute atomic E-state index is 0.458. The fourth-order valence-corrected chi connectivity index (χ4v) is 4.70. The molecule has 6 aromatic rings. The molecule has 0 amide bonds. The van der Waals surface area contributed by atoms with Gasteiger partial charge in [-0.15, -0.1) is 0 Å². The molecule has 194 valence electrons. The van der Waals surface area contributed by atoms with Crippen molar-refractivity contribution in [2.24, 2.45) is 7.05 Å². The van der Waals surface area contributed by atoms with E-state index >= 15 is 0 Å². The molecule has 0 aliphatic rings. The molecule has 6 nitrogen and oxygen atoms in total. The van der Waals surface area contributed by atoms with E-state index in [-0.39, 0.29) is 0 Å². The van der Waals surface area contributed by atoms with Crippen molar-refractivity contribution in [2.45, 2.75) is 13.5 Å². The largest absolute Gasteiger partial charge is 0.489 e. The number of imidazole rings is 1. The molecule has 0 saturated carbocycles. The van der Waals surface area contributed by atoms with Gasteiger partial charge in [0.25, 0.3) is 0 Å². The molecule has 0 fully saturated rings. The first kappa shape index (κ1) is 24.9. The van der Waals surface area contributed by atoms with Crippen LogP contribution in [0.4, 0.5) is 0 Å². The lowest BCUT2D eigenvalue weighted by molar-refractivity contribution is 0.306. The number of nitrogens with zero attached hydrogens (tertiary/aromatic N) is 5. The molecule has 0 spiro atoms. The van der Waals surface area contributed by atoms with E-state index in [1.165, 1.54) is 5.56 Å². The Morgan fingerprint density at radius 3 is 2.48 bits per heavy atom. The van der Waals surface area contributed by atoms with Gasteiger partial charge in [-0.3, -0.25) is 0 Å². The predicted octanol–water partition coefficient (Wildman–Crippen LogP) is 7.38. The molecular weight excluding hydrogens is 494 g/mol. The summed E-state index contributed by atoms with van der Waals surface area (Å²) in [5.74, 6) is 1.36. The van der Waals surface area contributed by atoms with E-state index in [2.05, 4.69) is 37.3 Å². The van der Waals surface area contributed by atoms with Gasteiger partial charge >= 0.3 is 0 Å². The van der Waals surface area contributed by atoms with E-state index in [1.807, 2.05) is 107 Å². The molecule has 0 aliphatic heterocycles. The van der Waals surface area contributed by atoms with Gasteiger partial charge < -0.3 is 9.30 Å². The van der Waals surface area contributed by atoms with Crippen LogP contribution < -0.4 is 4.74 Å². The highest BCUT2D eigenvalue weighted by Gasteiger charge is 2.16. The number of allylic oxidation sites excluding steroid dienone is 1. The Balaban J connectivity index is 1.41. The maximum absolute atomic E-state index is 10.2. The van der Waals surface area contributed by atoms with E-state index in [0.29, 0.717) is 18.0 Å². The van der Waals surface area contributed by atoms with E-state index < -0.39 is 0 Å². The van der Waals surface area contributed by atoms with Crippen LogP contribution in [0.3, 0.4) is 0 Å². The smallest absolute Gasteiger partial charge is 0.151 e. The second kappa shape index (κ2) is 10.8. The maximum atomic E-state index is 10.2. The second-order valence-electron chi connectivity index (χ2n) is 9.67. The van der Waals surface area contributed by atoms with Gasteiger partial charge in [0.05, 0.1) is 22.3 Å². The third-order valence-corrected chi connectivity index (χ3v) is 6.85. The summed E-state index contributed by atoms with van der Waals surface area (Å²) >= 11 is 0. The van der Waals surface area contributed by atoms with E-state index in [0.717, 1.165) is 44.9 Å². The summed E-state index contributed by atoms with van der Waals surface area (Å²) in [7, 11) is 1.93. The normalized spacial score (nSPS) is 11.5. The SMILES string of the molecule is Cc1ccc(COc2cccc(-c3nn(-c4ccccc4)cc3C=C(C#N)c3nc4ccccc4n3C)c2)cc1. The van der Waals surface area contributed by atoms with Crippen molar-refractivity contribution in [1.29, 1.82) is 5.26 Å². The average molecular weight is 522 g/mol. The molecule has 0 unspecified atom stereocenters. The number of rotatable bonds is 7. The molecule has 0 atom stereocenters. The lowest BCUT2D eigenvalue weighted by atomic mass is 10.1. The number of benzene rings is 4. The minimum atomic E-state index is 0.458. The summed E-state index contributed by atoms with van der Waals surface area (Å²) < 4.78 is 9.92. The Hall–Kier alpha value is -5.41. The number of aryl methyl sites for hydroxylation is 2. The van der Waals surface area contributed by atoms with Gasteiger partial charge in [0.1, 0.15) is 24.1 Å². The molecule has 0 aliphatic carbocycles. The molecule has 2 aromatic heterocycles. The zero-order chi connectivity index (χ0) is 27.5. The number of hydrogen-bond donors (Lipinski definition) is 0. The monoisotopic (exact) mass is 521 g/mol. The molecule has 0 radical (unpaired) electrons. The number of hydrogen-bond acceptors (Lipinski definition) is 4. The van der Waals surface area contributed by atoms with Crippen LogP contribution in [0.5, 0.6) is 5.75 Å². The van der Waals surface area contributed by atoms with Crippen molar-refractivity contribution in [2.75, 3.05) is 0 Å². The van der Waals surface area contributed by atoms with Crippen LogP contribution in [0.25, 0.3) is 39.6 Å². The van der Waals surface area contributed by atoms with Gasteiger partial charge in [-0.05, 0) is 55.0 Å². The second-order valence-corrected chi connectivity index (χ2v) is 9.67. The topological polar surface area (TPSA) is 68.7 Å². The van der Waals surface area contributed by atoms with Crippen LogP contribution >= 0.6 is 0 Å². The highest BCUT2D eigenvalue weighted by Crippen LogP contribution is 2.31. The number of ether oxygens (including phenoxy) is 1. The highest BCUT2D eigenvalue weighted by molar-refractivity contribution is 5.93. The molecule has 0 bridgehead atoms. The molecule has 0 N–H and O–H groups in total. The molecule has 4 aromatic carbocycles. The lowest BCUT2D eigenvalue weighted by Gasteiger charge is -2.08. The number of nitriles is 1. The third-order valence-electron chi connectivity index (χ3n) is 6.85. The first-order valence-electron chi connectivity index (χ1n) is 13.1. The first-order valence-corrected chi connectivity index (χ1v) is 13.1. The molecule has 40 heavy (non-hydrogen) atoms. The molecule has 0 saturated heterocycles. The Labute approximate surface area is 233 Å². The van der Waals surface area contributed by atoms with Gasteiger partial charge in [-0.2, -0.15) is 10.4 Å². The fourth-order valence-electron chi connectivity index (χ4n) is 4.70. The summed E-state index contributed by atoms with van der Waals surface area (Å²) in [6.45, 7) is 2.54. The third kappa shape index (κ3) is 5.01.